The lowest BCUT2D eigenvalue weighted by Crippen LogP contribution is -2.29. The lowest BCUT2D eigenvalue weighted by molar-refractivity contribution is -0.146. The van der Waals surface area contributed by atoms with Gasteiger partial charge in [0.1, 0.15) is 0 Å². The fourth-order valence-corrected chi connectivity index (χ4v) is 1.59. The first kappa shape index (κ1) is 12.4. The highest BCUT2D eigenvalue weighted by Gasteiger charge is 2.27. The largest absolute Gasteiger partial charge is 0.481 e. The van der Waals surface area contributed by atoms with Crippen molar-refractivity contribution in [1.29, 1.82) is 0 Å². The van der Waals surface area contributed by atoms with Gasteiger partial charge < -0.3 is 9.84 Å². The Morgan fingerprint density at radius 1 is 1.38 bits per heavy atom. The molecule has 78 valence electrons. The lowest BCUT2D eigenvalue weighted by Gasteiger charge is -2.22. The molecule has 0 spiro atoms. The van der Waals surface area contributed by atoms with Gasteiger partial charge in [0.2, 0.25) is 0 Å². The SMILES string of the molecule is CCOCC(C)C(C(=O)O)C(C)C. The van der Waals surface area contributed by atoms with Gasteiger partial charge in [0, 0.05) is 13.2 Å². The van der Waals surface area contributed by atoms with Gasteiger partial charge in [-0.3, -0.25) is 4.79 Å². The molecule has 3 heteroatoms. The first-order chi connectivity index (χ1) is 6.00. The molecule has 2 unspecified atom stereocenters. The van der Waals surface area contributed by atoms with Gasteiger partial charge in [0.05, 0.1) is 5.92 Å². The molecular formula is C10H20O3. The molecule has 0 saturated carbocycles. The number of aliphatic carboxylic acids is 1. The normalized spacial score (nSPS) is 15.8. The highest BCUT2D eigenvalue weighted by atomic mass is 16.5. The molecule has 0 rings (SSSR count). The van der Waals surface area contributed by atoms with E-state index in [1.807, 2.05) is 27.7 Å². The van der Waals surface area contributed by atoms with Gasteiger partial charge in [-0.25, -0.2) is 0 Å². The summed E-state index contributed by atoms with van der Waals surface area (Å²) in [5.74, 6) is -0.779. The molecule has 0 aromatic rings. The van der Waals surface area contributed by atoms with Crippen LogP contribution in [-0.4, -0.2) is 24.3 Å². The topological polar surface area (TPSA) is 46.5 Å². The summed E-state index contributed by atoms with van der Waals surface area (Å²) in [6, 6.07) is 0. The van der Waals surface area contributed by atoms with Crippen LogP contribution in [0.2, 0.25) is 0 Å². The maximum absolute atomic E-state index is 10.9. The first-order valence-corrected chi connectivity index (χ1v) is 4.81. The molecule has 0 heterocycles. The molecule has 0 saturated heterocycles. The molecule has 0 bridgehead atoms. The van der Waals surface area contributed by atoms with Crippen LogP contribution in [0.5, 0.6) is 0 Å². The van der Waals surface area contributed by atoms with Crippen LogP contribution in [0.3, 0.4) is 0 Å². The second kappa shape index (κ2) is 5.97. The van der Waals surface area contributed by atoms with E-state index in [9.17, 15) is 4.79 Å². The molecule has 0 aliphatic carbocycles. The van der Waals surface area contributed by atoms with Crippen LogP contribution in [0.1, 0.15) is 27.7 Å². The van der Waals surface area contributed by atoms with E-state index >= 15 is 0 Å². The minimum Gasteiger partial charge on any atom is -0.481 e. The highest BCUT2D eigenvalue weighted by molar-refractivity contribution is 5.70. The number of rotatable bonds is 6. The standard InChI is InChI=1S/C10H20O3/c1-5-13-6-8(4)9(7(2)3)10(11)12/h7-9H,5-6H2,1-4H3,(H,11,12). The number of hydrogen-bond acceptors (Lipinski definition) is 2. The van der Waals surface area contributed by atoms with Crippen molar-refractivity contribution in [2.24, 2.45) is 17.8 Å². The Hall–Kier alpha value is -0.570. The van der Waals surface area contributed by atoms with Crippen LogP contribution in [-0.2, 0) is 9.53 Å². The van der Waals surface area contributed by atoms with Crippen molar-refractivity contribution < 1.29 is 14.6 Å². The van der Waals surface area contributed by atoms with Gasteiger partial charge in [-0.2, -0.15) is 0 Å². The fourth-order valence-electron chi connectivity index (χ4n) is 1.59. The number of hydrogen-bond donors (Lipinski definition) is 1. The fraction of sp³-hybridized carbons (Fsp3) is 0.900. The third kappa shape index (κ3) is 4.27. The van der Waals surface area contributed by atoms with E-state index in [0.717, 1.165) is 0 Å². The molecule has 0 aromatic heterocycles. The second-order valence-electron chi connectivity index (χ2n) is 3.74. The monoisotopic (exact) mass is 188 g/mol. The van der Waals surface area contributed by atoms with Crippen molar-refractivity contribution in [3.05, 3.63) is 0 Å². The van der Waals surface area contributed by atoms with E-state index in [1.165, 1.54) is 0 Å². The molecule has 0 amide bonds. The third-order valence-corrected chi connectivity index (χ3v) is 2.20. The smallest absolute Gasteiger partial charge is 0.307 e. The summed E-state index contributed by atoms with van der Waals surface area (Å²) in [7, 11) is 0. The number of ether oxygens (including phenoxy) is 1. The van der Waals surface area contributed by atoms with Crippen LogP contribution < -0.4 is 0 Å². The molecule has 13 heavy (non-hydrogen) atoms. The second-order valence-corrected chi connectivity index (χ2v) is 3.74. The molecule has 0 aliphatic rings. The maximum Gasteiger partial charge on any atom is 0.307 e. The Morgan fingerprint density at radius 2 is 1.92 bits per heavy atom. The van der Waals surface area contributed by atoms with Gasteiger partial charge >= 0.3 is 5.97 Å². The average molecular weight is 188 g/mol. The van der Waals surface area contributed by atoms with Crippen molar-refractivity contribution in [2.75, 3.05) is 13.2 Å². The van der Waals surface area contributed by atoms with Crippen molar-refractivity contribution in [2.45, 2.75) is 27.7 Å². The van der Waals surface area contributed by atoms with E-state index in [2.05, 4.69) is 0 Å². The maximum atomic E-state index is 10.9. The van der Waals surface area contributed by atoms with E-state index in [4.69, 9.17) is 9.84 Å². The van der Waals surface area contributed by atoms with E-state index in [0.29, 0.717) is 13.2 Å². The van der Waals surface area contributed by atoms with E-state index in [-0.39, 0.29) is 17.8 Å². The first-order valence-electron chi connectivity index (χ1n) is 4.81. The van der Waals surface area contributed by atoms with Crippen LogP contribution in [0.25, 0.3) is 0 Å². The Balaban J connectivity index is 4.12. The summed E-state index contributed by atoms with van der Waals surface area (Å²) < 4.78 is 5.21. The van der Waals surface area contributed by atoms with Gasteiger partial charge in [-0.1, -0.05) is 20.8 Å². The van der Waals surface area contributed by atoms with Crippen molar-refractivity contribution in [3.63, 3.8) is 0 Å². The molecule has 2 atom stereocenters. The zero-order valence-electron chi connectivity index (χ0n) is 8.91. The van der Waals surface area contributed by atoms with Crippen molar-refractivity contribution in [3.8, 4) is 0 Å². The van der Waals surface area contributed by atoms with Gasteiger partial charge in [0.25, 0.3) is 0 Å². The Morgan fingerprint density at radius 3 is 2.23 bits per heavy atom. The molecule has 1 N–H and O–H groups in total. The number of carboxylic acid groups (broad SMARTS) is 1. The molecular weight excluding hydrogens is 168 g/mol. The zero-order chi connectivity index (χ0) is 10.4. The van der Waals surface area contributed by atoms with Crippen LogP contribution in [0.15, 0.2) is 0 Å². The highest BCUT2D eigenvalue weighted by Crippen LogP contribution is 2.21. The Labute approximate surface area is 80.1 Å². The lowest BCUT2D eigenvalue weighted by atomic mass is 9.85. The molecule has 0 aliphatic heterocycles. The van der Waals surface area contributed by atoms with Gasteiger partial charge in [-0.15, -0.1) is 0 Å². The quantitative estimate of drug-likeness (QED) is 0.693. The predicted octanol–water partition coefficient (Wildman–Crippen LogP) is 2.02. The molecule has 3 nitrogen and oxygen atoms in total. The average Bonchev–Trinajstić information content (AvgIpc) is 1.99. The number of carboxylic acids is 1. The summed E-state index contributed by atoms with van der Waals surface area (Å²) in [5, 5.41) is 8.96. The molecule has 0 radical (unpaired) electrons. The van der Waals surface area contributed by atoms with Crippen LogP contribution in [0, 0.1) is 17.8 Å². The van der Waals surface area contributed by atoms with Crippen LogP contribution >= 0.6 is 0 Å². The molecule has 0 fully saturated rings. The Kier molecular flexibility index (Phi) is 5.71. The minimum atomic E-state index is -0.720. The predicted molar refractivity (Wildman–Crippen MR) is 51.6 cm³/mol. The van der Waals surface area contributed by atoms with Crippen LogP contribution in [0.4, 0.5) is 0 Å². The zero-order valence-corrected chi connectivity index (χ0v) is 8.91. The number of carbonyl (C=O) groups is 1. The van der Waals surface area contributed by atoms with Gasteiger partial charge in [-0.05, 0) is 18.8 Å². The third-order valence-electron chi connectivity index (χ3n) is 2.20. The summed E-state index contributed by atoms with van der Waals surface area (Å²) in [5.41, 5.74) is 0. The van der Waals surface area contributed by atoms with Gasteiger partial charge in [0.15, 0.2) is 0 Å². The van der Waals surface area contributed by atoms with Crippen molar-refractivity contribution >= 4 is 5.97 Å². The van der Waals surface area contributed by atoms with E-state index < -0.39 is 5.97 Å². The summed E-state index contributed by atoms with van der Waals surface area (Å²) >= 11 is 0. The summed E-state index contributed by atoms with van der Waals surface area (Å²) in [6.07, 6.45) is 0. The Bertz CT molecular complexity index is 154. The van der Waals surface area contributed by atoms with E-state index in [1.54, 1.807) is 0 Å². The molecule has 0 aromatic carbocycles. The summed E-state index contributed by atoms with van der Waals surface area (Å²) in [6.45, 7) is 8.88. The van der Waals surface area contributed by atoms with Crippen molar-refractivity contribution in [1.82, 2.24) is 0 Å². The summed E-state index contributed by atoms with van der Waals surface area (Å²) in [4.78, 5) is 10.9. The minimum absolute atomic E-state index is 0.0810.